The monoisotopic (exact) mass is 324 g/mol. The second-order valence-electron chi connectivity index (χ2n) is 5.98. The first-order valence-electron chi connectivity index (χ1n) is 7.86. The first-order chi connectivity index (χ1) is 11.5. The molecule has 4 heteroatoms. The normalized spacial score (nSPS) is 16.0. The van der Waals surface area contributed by atoms with E-state index in [1.807, 2.05) is 36.4 Å². The van der Waals surface area contributed by atoms with Crippen LogP contribution in [0.3, 0.4) is 0 Å². The number of Topliss-reactive ketones (excluding diaryl/α,β-unsaturated/α-hetero) is 1. The Kier molecular flexibility index (Phi) is 4.30. The summed E-state index contributed by atoms with van der Waals surface area (Å²) in [7, 11) is 1.56. The van der Waals surface area contributed by atoms with E-state index in [2.05, 4.69) is 0 Å². The highest BCUT2D eigenvalue weighted by molar-refractivity contribution is 5.79. The molecule has 1 atom stereocenters. The Balaban J connectivity index is 2.16. The minimum atomic E-state index is -0.157. The van der Waals surface area contributed by atoms with Gasteiger partial charge in [0.25, 0.3) is 0 Å². The van der Waals surface area contributed by atoms with Gasteiger partial charge in [0, 0.05) is 35.1 Å². The third-order valence-corrected chi connectivity index (χ3v) is 4.22. The molecule has 4 nitrogen and oxygen atoms in total. The molecule has 0 aromatic heterocycles. The first-order valence-corrected chi connectivity index (χ1v) is 7.86. The number of hydrogen-bond donors (Lipinski definition) is 1. The average Bonchev–Trinajstić information content (AvgIpc) is 2.56. The fourth-order valence-corrected chi connectivity index (χ4v) is 3.09. The maximum absolute atomic E-state index is 11.8. The van der Waals surface area contributed by atoms with Gasteiger partial charge in [-0.25, -0.2) is 0 Å². The topological polar surface area (TPSA) is 55.8 Å². The van der Waals surface area contributed by atoms with Crippen molar-refractivity contribution in [3.8, 4) is 17.2 Å². The Morgan fingerprint density at radius 2 is 2.00 bits per heavy atom. The molecule has 1 N–H and O–H groups in total. The maximum Gasteiger partial charge on any atom is 0.138 e. The molecule has 0 aliphatic carbocycles. The number of ether oxygens (including phenoxy) is 2. The van der Waals surface area contributed by atoms with E-state index in [0.29, 0.717) is 29.2 Å². The summed E-state index contributed by atoms with van der Waals surface area (Å²) < 4.78 is 11.5. The van der Waals surface area contributed by atoms with E-state index in [-0.39, 0.29) is 17.5 Å². The molecular weight excluding hydrogens is 304 g/mol. The van der Waals surface area contributed by atoms with Crippen molar-refractivity contribution in [2.75, 3.05) is 7.11 Å². The highest BCUT2D eigenvalue weighted by Gasteiger charge is 2.29. The van der Waals surface area contributed by atoms with Crippen molar-refractivity contribution >= 4 is 11.5 Å². The van der Waals surface area contributed by atoms with Crippen molar-refractivity contribution in [2.45, 2.75) is 26.2 Å². The van der Waals surface area contributed by atoms with Crippen LogP contribution in [0.2, 0.25) is 0 Å². The van der Waals surface area contributed by atoms with Gasteiger partial charge in [-0.05, 0) is 19.9 Å². The third-order valence-electron chi connectivity index (χ3n) is 4.22. The van der Waals surface area contributed by atoms with E-state index < -0.39 is 0 Å². The quantitative estimate of drug-likeness (QED) is 0.915. The fraction of sp³-hybridized carbons (Fsp3) is 0.250. The molecule has 0 saturated heterocycles. The SMILES string of the molecule is COc1c(C)c(O)cc2c1C(CC(C)=O)C=C(c1ccccc1)O2. The van der Waals surface area contributed by atoms with Gasteiger partial charge >= 0.3 is 0 Å². The molecule has 1 unspecified atom stereocenters. The molecule has 1 aliphatic rings. The van der Waals surface area contributed by atoms with Crippen LogP contribution in [0.1, 0.15) is 36.0 Å². The number of phenolic OH excluding ortho intramolecular Hbond substituents is 1. The zero-order valence-electron chi connectivity index (χ0n) is 14.0. The van der Waals surface area contributed by atoms with Crippen molar-refractivity contribution in [1.82, 2.24) is 0 Å². The number of aromatic hydroxyl groups is 1. The molecule has 0 fully saturated rings. The number of carbonyl (C=O) groups is 1. The Bertz CT molecular complexity index is 806. The summed E-state index contributed by atoms with van der Waals surface area (Å²) >= 11 is 0. The lowest BCUT2D eigenvalue weighted by molar-refractivity contribution is -0.117. The van der Waals surface area contributed by atoms with E-state index in [4.69, 9.17) is 9.47 Å². The molecule has 0 spiro atoms. The van der Waals surface area contributed by atoms with E-state index in [9.17, 15) is 9.90 Å². The molecule has 1 heterocycles. The molecule has 0 saturated carbocycles. The average molecular weight is 324 g/mol. The van der Waals surface area contributed by atoms with Crippen molar-refractivity contribution in [3.05, 3.63) is 59.2 Å². The summed E-state index contributed by atoms with van der Waals surface area (Å²) in [6.45, 7) is 3.36. The summed E-state index contributed by atoms with van der Waals surface area (Å²) in [4.78, 5) is 11.8. The Morgan fingerprint density at radius 1 is 1.29 bits per heavy atom. The van der Waals surface area contributed by atoms with Gasteiger partial charge in [-0.3, -0.25) is 4.79 Å². The van der Waals surface area contributed by atoms with E-state index in [1.54, 1.807) is 27.0 Å². The third kappa shape index (κ3) is 2.87. The number of ketones is 1. The zero-order valence-corrected chi connectivity index (χ0v) is 14.0. The number of rotatable bonds is 4. The minimum absolute atomic E-state index is 0.0873. The number of carbonyl (C=O) groups excluding carboxylic acids is 1. The molecular formula is C20H20O4. The number of hydrogen-bond acceptors (Lipinski definition) is 4. The highest BCUT2D eigenvalue weighted by Crippen LogP contribution is 2.48. The van der Waals surface area contributed by atoms with Crippen LogP contribution in [0, 0.1) is 6.92 Å². The lowest BCUT2D eigenvalue weighted by Gasteiger charge is -2.27. The second-order valence-corrected chi connectivity index (χ2v) is 5.98. The van der Waals surface area contributed by atoms with Crippen LogP contribution >= 0.6 is 0 Å². The van der Waals surface area contributed by atoms with Crippen LogP contribution in [0.25, 0.3) is 5.76 Å². The smallest absolute Gasteiger partial charge is 0.138 e. The molecule has 0 bridgehead atoms. The second kappa shape index (κ2) is 6.40. The summed E-state index contributed by atoms with van der Waals surface area (Å²) in [6, 6.07) is 11.3. The number of fused-ring (bicyclic) bond motifs is 1. The van der Waals surface area contributed by atoms with Gasteiger partial charge in [-0.15, -0.1) is 0 Å². The molecule has 0 amide bonds. The predicted molar refractivity (Wildman–Crippen MR) is 92.5 cm³/mol. The van der Waals surface area contributed by atoms with Crippen molar-refractivity contribution in [2.24, 2.45) is 0 Å². The summed E-state index contributed by atoms with van der Waals surface area (Å²) in [5.74, 6) is 1.82. The molecule has 124 valence electrons. The van der Waals surface area contributed by atoms with Gasteiger partial charge in [-0.2, -0.15) is 0 Å². The number of methoxy groups -OCH3 is 1. The predicted octanol–water partition coefficient (Wildman–Crippen LogP) is 4.21. The lowest BCUT2D eigenvalue weighted by atomic mass is 9.87. The van der Waals surface area contributed by atoms with Gasteiger partial charge in [-0.1, -0.05) is 30.3 Å². The van der Waals surface area contributed by atoms with Crippen LogP contribution in [0.15, 0.2) is 42.5 Å². The number of allylic oxidation sites excluding steroid dienone is 1. The van der Waals surface area contributed by atoms with E-state index >= 15 is 0 Å². The largest absolute Gasteiger partial charge is 0.507 e. The van der Waals surface area contributed by atoms with E-state index in [0.717, 1.165) is 11.1 Å². The number of phenols is 1. The molecule has 2 aromatic rings. The zero-order chi connectivity index (χ0) is 17.3. The molecule has 3 rings (SSSR count). The van der Waals surface area contributed by atoms with Crippen LogP contribution in [0.4, 0.5) is 0 Å². The van der Waals surface area contributed by atoms with Crippen LogP contribution < -0.4 is 9.47 Å². The Hall–Kier alpha value is -2.75. The van der Waals surface area contributed by atoms with Gasteiger partial charge < -0.3 is 14.6 Å². The maximum atomic E-state index is 11.8. The standard InChI is InChI=1S/C20H20O4/c1-12(21)9-15-10-17(14-7-5-4-6-8-14)24-18-11-16(22)13(2)20(23-3)19(15)18/h4-8,10-11,15,22H,9H2,1-3H3. The summed E-state index contributed by atoms with van der Waals surface area (Å²) in [5.41, 5.74) is 2.38. The summed E-state index contributed by atoms with van der Waals surface area (Å²) in [5, 5.41) is 10.2. The van der Waals surface area contributed by atoms with E-state index in [1.165, 1.54) is 0 Å². The van der Waals surface area contributed by atoms with Gasteiger partial charge in [0.2, 0.25) is 0 Å². The minimum Gasteiger partial charge on any atom is -0.507 e. The number of benzene rings is 2. The van der Waals surface area contributed by atoms with Crippen molar-refractivity contribution < 1.29 is 19.4 Å². The van der Waals surface area contributed by atoms with Crippen molar-refractivity contribution in [3.63, 3.8) is 0 Å². The lowest BCUT2D eigenvalue weighted by Crippen LogP contribution is -2.13. The Morgan fingerprint density at radius 3 is 2.62 bits per heavy atom. The van der Waals surface area contributed by atoms with Crippen LogP contribution in [-0.2, 0) is 4.79 Å². The molecule has 1 aliphatic heterocycles. The Labute approximate surface area is 141 Å². The molecule has 0 radical (unpaired) electrons. The molecule has 24 heavy (non-hydrogen) atoms. The van der Waals surface area contributed by atoms with Crippen LogP contribution in [0.5, 0.6) is 17.2 Å². The molecule has 2 aromatic carbocycles. The van der Waals surface area contributed by atoms with Gasteiger partial charge in [0.05, 0.1) is 7.11 Å². The van der Waals surface area contributed by atoms with Crippen molar-refractivity contribution in [1.29, 1.82) is 0 Å². The summed E-state index contributed by atoms with van der Waals surface area (Å²) in [6.07, 6.45) is 2.31. The first kappa shape index (κ1) is 16.1. The van der Waals surface area contributed by atoms with Crippen LogP contribution in [-0.4, -0.2) is 18.0 Å². The highest BCUT2D eigenvalue weighted by atomic mass is 16.5. The van der Waals surface area contributed by atoms with Gasteiger partial charge in [0.1, 0.15) is 28.8 Å². The fourth-order valence-electron chi connectivity index (χ4n) is 3.09. The van der Waals surface area contributed by atoms with Gasteiger partial charge in [0.15, 0.2) is 0 Å².